The molecule has 2 aromatic carbocycles. The summed E-state index contributed by atoms with van der Waals surface area (Å²) in [5.74, 6) is 0.845. The highest BCUT2D eigenvalue weighted by Gasteiger charge is 2.41. The average Bonchev–Trinajstić information content (AvgIpc) is 3.45. The number of aryl methyl sites for hydroxylation is 1. The van der Waals surface area contributed by atoms with Crippen LogP contribution in [0.15, 0.2) is 91.3 Å². The second kappa shape index (κ2) is 9.08. The molecule has 0 spiro atoms. The van der Waals surface area contributed by atoms with Crippen LogP contribution in [0.1, 0.15) is 34.6 Å². The van der Waals surface area contributed by atoms with E-state index in [1.54, 1.807) is 7.11 Å². The summed E-state index contributed by atoms with van der Waals surface area (Å²) in [5, 5.41) is 4.27. The van der Waals surface area contributed by atoms with Gasteiger partial charge in [0.05, 0.1) is 24.9 Å². The van der Waals surface area contributed by atoms with Gasteiger partial charge in [0.2, 0.25) is 0 Å². The van der Waals surface area contributed by atoms with Gasteiger partial charge in [-0.05, 0) is 78.8 Å². The molecule has 1 aliphatic heterocycles. The van der Waals surface area contributed by atoms with Gasteiger partial charge in [-0.25, -0.2) is 0 Å². The van der Waals surface area contributed by atoms with E-state index < -0.39 is 0 Å². The van der Waals surface area contributed by atoms with Gasteiger partial charge in [0.1, 0.15) is 5.75 Å². The predicted molar refractivity (Wildman–Crippen MR) is 134 cm³/mol. The third-order valence-corrected chi connectivity index (χ3v) is 6.43. The zero-order valence-corrected chi connectivity index (χ0v) is 19.5. The molecule has 5 nitrogen and oxygen atoms in total. The lowest BCUT2D eigenvalue weighted by molar-refractivity contribution is 0.302. The molecule has 1 fully saturated rings. The Balaban J connectivity index is 1.58. The molecule has 6 heteroatoms. The molecule has 0 bridgehead atoms. The first-order valence-electron chi connectivity index (χ1n) is 11.0. The SMILES string of the molecule is COc1ccc(CN2C(=S)N[C@H](c3ccccn3)[C@H]2c2cccn2-c2cccc(C)c2)cc1. The Bertz CT molecular complexity index is 1250. The first-order chi connectivity index (χ1) is 16.1. The maximum Gasteiger partial charge on any atom is 0.170 e. The minimum atomic E-state index is -0.0598. The summed E-state index contributed by atoms with van der Waals surface area (Å²) >= 11 is 5.85. The van der Waals surface area contributed by atoms with Crippen molar-refractivity contribution < 1.29 is 4.74 Å². The second-order valence-corrected chi connectivity index (χ2v) is 8.63. The number of rotatable bonds is 6. The Morgan fingerprint density at radius 2 is 1.85 bits per heavy atom. The highest BCUT2D eigenvalue weighted by Crippen LogP contribution is 2.40. The number of ether oxygens (including phenoxy) is 1. The van der Waals surface area contributed by atoms with Crippen LogP contribution in [-0.4, -0.2) is 26.7 Å². The number of hydrogen-bond donors (Lipinski definition) is 1. The normalized spacial score (nSPS) is 17.8. The number of thiocarbonyl (C=S) groups is 1. The lowest BCUT2D eigenvalue weighted by atomic mass is 10.0. The number of hydrogen-bond acceptors (Lipinski definition) is 3. The van der Waals surface area contributed by atoms with E-state index in [9.17, 15) is 0 Å². The van der Waals surface area contributed by atoms with Crippen LogP contribution in [0.4, 0.5) is 0 Å². The van der Waals surface area contributed by atoms with Crippen molar-refractivity contribution in [2.75, 3.05) is 7.11 Å². The summed E-state index contributed by atoms with van der Waals surface area (Å²) in [6, 6.07) is 26.9. The van der Waals surface area contributed by atoms with Gasteiger partial charge >= 0.3 is 0 Å². The Labute approximate surface area is 199 Å². The van der Waals surface area contributed by atoms with E-state index in [-0.39, 0.29) is 12.1 Å². The van der Waals surface area contributed by atoms with Gasteiger partial charge in [-0.15, -0.1) is 0 Å². The molecule has 1 aliphatic rings. The zero-order chi connectivity index (χ0) is 22.8. The minimum Gasteiger partial charge on any atom is -0.497 e. The van der Waals surface area contributed by atoms with Gasteiger partial charge in [-0.2, -0.15) is 0 Å². The molecule has 33 heavy (non-hydrogen) atoms. The standard InChI is InChI=1S/C27H26N4OS/c1-19-7-5-8-21(17-19)30-16-6-10-24(30)26-25(23-9-3-4-15-28-23)29-27(33)31(26)18-20-11-13-22(32-2)14-12-20/h3-17,25-26H,18H2,1-2H3,(H,29,33)/t25-,26-/m1/s1. The van der Waals surface area contributed by atoms with Crippen molar-refractivity contribution in [3.63, 3.8) is 0 Å². The molecule has 3 heterocycles. The third kappa shape index (κ3) is 4.22. The maximum absolute atomic E-state index is 5.85. The van der Waals surface area contributed by atoms with Gasteiger partial charge < -0.3 is 19.5 Å². The van der Waals surface area contributed by atoms with Crippen LogP contribution >= 0.6 is 12.2 Å². The largest absolute Gasteiger partial charge is 0.497 e. The highest BCUT2D eigenvalue weighted by atomic mass is 32.1. The second-order valence-electron chi connectivity index (χ2n) is 8.24. The van der Waals surface area contributed by atoms with Gasteiger partial charge in [0.15, 0.2) is 5.11 Å². The van der Waals surface area contributed by atoms with E-state index in [2.05, 4.69) is 87.5 Å². The fourth-order valence-electron chi connectivity index (χ4n) is 4.47. The Morgan fingerprint density at radius 3 is 2.58 bits per heavy atom. The van der Waals surface area contributed by atoms with Crippen molar-refractivity contribution >= 4 is 17.3 Å². The van der Waals surface area contributed by atoms with Gasteiger partial charge in [-0.1, -0.05) is 30.3 Å². The van der Waals surface area contributed by atoms with E-state index in [0.29, 0.717) is 6.54 Å². The summed E-state index contributed by atoms with van der Waals surface area (Å²) in [6.45, 7) is 2.80. The van der Waals surface area contributed by atoms with Crippen LogP contribution in [0.2, 0.25) is 0 Å². The molecule has 1 saturated heterocycles. The van der Waals surface area contributed by atoms with Gasteiger partial charge in [0.25, 0.3) is 0 Å². The van der Waals surface area contributed by atoms with Crippen molar-refractivity contribution in [3.8, 4) is 11.4 Å². The van der Waals surface area contributed by atoms with Crippen molar-refractivity contribution in [2.24, 2.45) is 0 Å². The topological polar surface area (TPSA) is 42.3 Å². The Kier molecular flexibility index (Phi) is 5.84. The number of methoxy groups -OCH3 is 1. The monoisotopic (exact) mass is 454 g/mol. The number of aromatic nitrogens is 2. The fraction of sp³-hybridized carbons (Fsp3) is 0.185. The number of benzene rings is 2. The smallest absolute Gasteiger partial charge is 0.170 e. The van der Waals surface area contributed by atoms with E-state index in [1.165, 1.54) is 11.1 Å². The van der Waals surface area contributed by atoms with Crippen LogP contribution < -0.4 is 10.1 Å². The van der Waals surface area contributed by atoms with Crippen LogP contribution in [-0.2, 0) is 6.54 Å². The fourth-order valence-corrected chi connectivity index (χ4v) is 4.78. The van der Waals surface area contributed by atoms with Crippen molar-refractivity contribution in [2.45, 2.75) is 25.6 Å². The number of nitrogens with zero attached hydrogens (tertiary/aromatic N) is 3. The molecule has 2 aromatic heterocycles. The highest BCUT2D eigenvalue weighted by molar-refractivity contribution is 7.80. The van der Waals surface area contributed by atoms with Crippen LogP contribution in [0.25, 0.3) is 5.69 Å². The summed E-state index contributed by atoms with van der Waals surface area (Å²) in [5.41, 5.74) is 5.66. The van der Waals surface area contributed by atoms with Crippen LogP contribution in [0.5, 0.6) is 5.75 Å². The van der Waals surface area contributed by atoms with Crippen molar-refractivity contribution in [3.05, 3.63) is 114 Å². The lowest BCUT2D eigenvalue weighted by Crippen LogP contribution is -2.30. The summed E-state index contributed by atoms with van der Waals surface area (Å²) in [6.07, 6.45) is 3.95. The minimum absolute atomic E-state index is 0.0231. The average molecular weight is 455 g/mol. The molecular formula is C27H26N4OS. The van der Waals surface area contributed by atoms with Crippen molar-refractivity contribution in [1.29, 1.82) is 0 Å². The van der Waals surface area contributed by atoms with Crippen LogP contribution in [0, 0.1) is 6.92 Å². The Hall–Kier alpha value is -3.64. The van der Waals surface area contributed by atoms with E-state index >= 15 is 0 Å². The lowest BCUT2D eigenvalue weighted by Gasteiger charge is -2.29. The number of pyridine rings is 1. The molecule has 1 N–H and O–H groups in total. The zero-order valence-electron chi connectivity index (χ0n) is 18.7. The van der Waals surface area contributed by atoms with Crippen LogP contribution in [0.3, 0.4) is 0 Å². The number of nitrogens with one attached hydrogen (secondary N) is 1. The molecule has 0 aliphatic carbocycles. The molecule has 0 unspecified atom stereocenters. The quantitative estimate of drug-likeness (QED) is 0.397. The van der Waals surface area contributed by atoms with Crippen molar-refractivity contribution in [1.82, 2.24) is 19.8 Å². The van der Waals surface area contributed by atoms with E-state index in [4.69, 9.17) is 17.0 Å². The molecule has 4 aromatic rings. The van der Waals surface area contributed by atoms with E-state index in [1.807, 2.05) is 30.5 Å². The first kappa shape index (κ1) is 21.2. The van der Waals surface area contributed by atoms with E-state index in [0.717, 1.165) is 27.9 Å². The van der Waals surface area contributed by atoms with Gasteiger partial charge in [0, 0.05) is 30.3 Å². The predicted octanol–water partition coefficient (Wildman–Crippen LogP) is 5.36. The molecule has 166 valence electrons. The molecule has 0 radical (unpaired) electrons. The summed E-state index contributed by atoms with van der Waals surface area (Å²) < 4.78 is 7.58. The summed E-state index contributed by atoms with van der Waals surface area (Å²) in [7, 11) is 1.68. The van der Waals surface area contributed by atoms with Gasteiger partial charge in [-0.3, -0.25) is 4.98 Å². The molecular weight excluding hydrogens is 428 g/mol. The maximum atomic E-state index is 5.85. The third-order valence-electron chi connectivity index (χ3n) is 6.07. The molecule has 5 rings (SSSR count). The Morgan fingerprint density at radius 1 is 1.00 bits per heavy atom. The first-order valence-corrected chi connectivity index (χ1v) is 11.4. The summed E-state index contributed by atoms with van der Waals surface area (Å²) in [4.78, 5) is 6.92. The molecule has 0 amide bonds. The molecule has 0 saturated carbocycles. The molecule has 2 atom stereocenters.